The summed E-state index contributed by atoms with van der Waals surface area (Å²) >= 11 is 0. The van der Waals surface area contributed by atoms with E-state index in [1.54, 1.807) is 5.09 Å². The summed E-state index contributed by atoms with van der Waals surface area (Å²) in [7, 11) is -2.41. The van der Waals surface area contributed by atoms with Gasteiger partial charge in [-0.15, -0.1) is 0 Å². The van der Waals surface area contributed by atoms with Crippen LogP contribution in [0.4, 0.5) is 4.79 Å². The van der Waals surface area contributed by atoms with E-state index in [-0.39, 0.29) is 51.4 Å². The summed E-state index contributed by atoms with van der Waals surface area (Å²) in [5.74, 6) is 0. The Morgan fingerprint density at radius 2 is 2.00 bits per heavy atom. The Bertz CT molecular complexity index is 93.5. The molecule has 0 rings (SSSR count). The van der Waals surface area contributed by atoms with Gasteiger partial charge in [0.2, 0.25) is 8.10 Å². The topological polar surface area (TPSA) is 98.2 Å². The average Bonchev–Trinajstić information content (AvgIpc) is 1.27. The van der Waals surface area contributed by atoms with Crippen molar-refractivity contribution in [3.05, 3.63) is 0 Å². The number of hydrogen-bond acceptors (Lipinski definition) is 2. The molecule has 0 aliphatic carbocycles. The monoisotopic (exact) mass is 163 g/mol. The molecule has 0 fully saturated rings. The van der Waals surface area contributed by atoms with Crippen LogP contribution in [0.1, 0.15) is 0 Å². The quantitative estimate of drug-likeness (QED) is 0.319. The van der Waals surface area contributed by atoms with Crippen molar-refractivity contribution in [1.29, 1.82) is 0 Å². The van der Waals surface area contributed by atoms with Gasteiger partial charge in [-0.3, -0.25) is 15.2 Å². The normalized spacial score (nSPS) is 11.1. The van der Waals surface area contributed by atoms with Gasteiger partial charge in [0.1, 0.15) is 0 Å². The molecule has 7 heteroatoms. The number of nitrogens with one attached hydrogen (secondary N) is 1. The van der Waals surface area contributed by atoms with Crippen molar-refractivity contribution in [2.45, 2.75) is 0 Å². The number of hydrogen-bond donors (Lipinski definition) is 3. The molecule has 8 heavy (non-hydrogen) atoms. The average molecular weight is 163 g/mol. The van der Waals surface area contributed by atoms with Gasteiger partial charge in [0, 0.05) is 0 Å². The molecule has 1 atom stereocenters. The van der Waals surface area contributed by atoms with Crippen molar-refractivity contribution < 1.29 is 9.36 Å². The second-order valence-corrected chi connectivity index (χ2v) is 1.83. The van der Waals surface area contributed by atoms with Gasteiger partial charge in [0.25, 0.3) is 0 Å². The third-order valence-electron chi connectivity index (χ3n) is 0.246. The molecule has 2 amide bonds. The van der Waals surface area contributed by atoms with E-state index in [0.29, 0.717) is 0 Å². The van der Waals surface area contributed by atoms with Crippen molar-refractivity contribution >= 4 is 65.5 Å². The summed E-state index contributed by atoms with van der Waals surface area (Å²) in [4.78, 5) is 9.67. The van der Waals surface area contributed by atoms with Crippen LogP contribution in [0.2, 0.25) is 0 Å². The minimum absolute atomic E-state index is 0. The summed E-state index contributed by atoms with van der Waals surface area (Å²) in [6.45, 7) is 0. The molecular weight excluding hydrogens is 156 g/mol. The Labute approximate surface area is 89.9 Å². The Morgan fingerprint density at radius 1 is 1.62 bits per heavy atom. The standard InChI is InChI=1S/CH6N3O2P.K.H/c2-1(5)4-7(3)6;;/h7H,(H5,2,3,4,5,6);;. The molecule has 0 aromatic rings. The Kier molecular flexibility index (Phi) is 9.21. The third kappa shape index (κ3) is 10.2. The SMILES string of the molecule is NC(=O)N[PH](N)=O.[KH]. The molecule has 0 aromatic carbocycles. The van der Waals surface area contributed by atoms with Gasteiger partial charge in [-0.25, -0.2) is 4.79 Å². The van der Waals surface area contributed by atoms with E-state index in [4.69, 9.17) is 0 Å². The van der Waals surface area contributed by atoms with Gasteiger partial charge in [-0.1, -0.05) is 0 Å². The molecule has 0 radical (unpaired) electrons. The first-order valence-electron chi connectivity index (χ1n) is 1.49. The zero-order chi connectivity index (χ0) is 5.86. The first-order valence-corrected chi connectivity index (χ1v) is 2.97. The van der Waals surface area contributed by atoms with E-state index < -0.39 is 14.1 Å². The number of primary amides is 1. The van der Waals surface area contributed by atoms with E-state index in [2.05, 4.69) is 11.2 Å². The molecule has 44 valence electrons. The van der Waals surface area contributed by atoms with Crippen molar-refractivity contribution in [2.75, 3.05) is 0 Å². The molecule has 0 heterocycles. The van der Waals surface area contributed by atoms with Gasteiger partial charge < -0.3 is 5.73 Å². The van der Waals surface area contributed by atoms with E-state index in [0.717, 1.165) is 0 Å². The predicted molar refractivity (Wildman–Crippen MR) is 33.1 cm³/mol. The van der Waals surface area contributed by atoms with E-state index in [1.165, 1.54) is 0 Å². The van der Waals surface area contributed by atoms with Crippen LogP contribution in [0.3, 0.4) is 0 Å². The van der Waals surface area contributed by atoms with Gasteiger partial charge in [0.15, 0.2) is 0 Å². The molecule has 5 nitrogen and oxygen atoms in total. The second kappa shape index (κ2) is 6.22. The Hall–Kier alpha value is 1.10. The molecule has 1 unspecified atom stereocenters. The van der Waals surface area contributed by atoms with Gasteiger partial charge in [-0.2, -0.15) is 0 Å². The molecular formula is CH7KN3O2P. The number of nitrogens with two attached hydrogens (primary N) is 2. The molecule has 0 saturated carbocycles. The number of rotatable bonds is 1. The maximum atomic E-state index is 9.81. The van der Waals surface area contributed by atoms with E-state index >= 15 is 0 Å². The molecule has 5 N–H and O–H groups in total. The summed E-state index contributed by atoms with van der Waals surface area (Å²) in [6, 6.07) is -0.855. The van der Waals surface area contributed by atoms with Crippen LogP contribution in [0.5, 0.6) is 0 Å². The Balaban J connectivity index is 0. The number of carbonyl (C=O) groups is 1. The van der Waals surface area contributed by atoms with Gasteiger partial charge in [0.05, 0.1) is 0 Å². The van der Waals surface area contributed by atoms with Crippen LogP contribution in [0.15, 0.2) is 0 Å². The van der Waals surface area contributed by atoms with Crippen LogP contribution in [-0.2, 0) is 4.57 Å². The van der Waals surface area contributed by atoms with E-state index in [9.17, 15) is 9.36 Å². The van der Waals surface area contributed by atoms with E-state index in [1.807, 2.05) is 0 Å². The summed E-state index contributed by atoms with van der Waals surface area (Å²) < 4.78 is 9.81. The zero-order valence-corrected chi connectivity index (χ0v) is 4.47. The van der Waals surface area contributed by atoms with Crippen LogP contribution in [-0.4, -0.2) is 57.4 Å². The third-order valence-corrected chi connectivity index (χ3v) is 0.739. The molecule has 0 spiro atoms. The van der Waals surface area contributed by atoms with Crippen LogP contribution in [0, 0.1) is 0 Å². The molecule has 0 aromatic heterocycles. The predicted octanol–water partition coefficient (Wildman–Crippen LogP) is -1.65. The second-order valence-electron chi connectivity index (χ2n) is 0.854. The van der Waals surface area contributed by atoms with Gasteiger partial charge >= 0.3 is 57.4 Å². The van der Waals surface area contributed by atoms with Gasteiger partial charge in [-0.05, 0) is 0 Å². The van der Waals surface area contributed by atoms with Crippen molar-refractivity contribution in [1.82, 2.24) is 5.09 Å². The molecule has 0 aliphatic heterocycles. The first kappa shape index (κ1) is 11.8. The first-order chi connectivity index (χ1) is 3.13. The summed E-state index contributed by atoms with van der Waals surface area (Å²) in [6.07, 6.45) is 0. The summed E-state index contributed by atoms with van der Waals surface area (Å²) in [5, 5.41) is 1.77. The fourth-order valence-electron chi connectivity index (χ4n) is 0.121. The summed E-state index contributed by atoms with van der Waals surface area (Å²) in [5.41, 5.74) is 9.12. The minimum atomic E-state index is -2.41. The zero-order valence-electron chi connectivity index (χ0n) is 3.47. The number of amides is 2. The molecule has 0 saturated heterocycles. The fourth-order valence-corrected chi connectivity index (χ4v) is 0.364. The number of urea groups is 1. The molecule has 0 aliphatic rings. The van der Waals surface area contributed by atoms with Crippen molar-refractivity contribution in [3.63, 3.8) is 0 Å². The number of carbonyl (C=O) groups excluding carboxylic acids is 1. The van der Waals surface area contributed by atoms with Crippen LogP contribution < -0.4 is 16.3 Å². The maximum absolute atomic E-state index is 9.81. The Morgan fingerprint density at radius 3 is 2.00 bits per heavy atom. The van der Waals surface area contributed by atoms with Crippen LogP contribution >= 0.6 is 8.10 Å². The fraction of sp³-hybridized carbons (Fsp3) is 0. The van der Waals surface area contributed by atoms with Crippen molar-refractivity contribution in [2.24, 2.45) is 11.2 Å². The van der Waals surface area contributed by atoms with Crippen LogP contribution in [0.25, 0.3) is 0 Å². The van der Waals surface area contributed by atoms with Crippen molar-refractivity contribution in [3.8, 4) is 0 Å². The molecule has 0 bridgehead atoms.